The third-order valence-corrected chi connectivity index (χ3v) is 2.59. The van der Waals surface area contributed by atoms with E-state index in [0.29, 0.717) is 0 Å². The summed E-state index contributed by atoms with van der Waals surface area (Å²) in [5, 5.41) is 0. The second-order valence-corrected chi connectivity index (χ2v) is 4.19. The van der Waals surface area contributed by atoms with Gasteiger partial charge in [0.15, 0.2) is 5.69 Å². The van der Waals surface area contributed by atoms with Crippen molar-refractivity contribution >= 4 is 18.1 Å². The summed E-state index contributed by atoms with van der Waals surface area (Å²) in [5.41, 5.74) is -0.634. The molecule has 2 aromatic rings. The molecule has 4 nitrogen and oxygen atoms in total. The SMILES string of the molecule is CCOC(=O)c1oc(/C=C/c2ccccc2)nc1C(F)(F)F. The number of oxazole rings is 1. The average molecular weight is 311 g/mol. The van der Waals surface area contributed by atoms with E-state index in [1.807, 2.05) is 6.07 Å². The molecule has 116 valence electrons. The van der Waals surface area contributed by atoms with Crippen molar-refractivity contribution < 1.29 is 27.1 Å². The Morgan fingerprint density at radius 2 is 1.95 bits per heavy atom. The predicted molar refractivity (Wildman–Crippen MR) is 72.8 cm³/mol. The van der Waals surface area contributed by atoms with Gasteiger partial charge in [-0.2, -0.15) is 13.2 Å². The maximum absolute atomic E-state index is 12.9. The maximum Gasteiger partial charge on any atom is 0.437 e. The van der Waals surface area contributed by atoms with Gasteiger partial charge in [0, 0.05) is 6.08 Å². The molecule has 2 rings (SSSR count). The third kappa shape index (κ3) is 3.75. The van der Waals surface area contributed by atoms with Gasteiger partial charge in [-0.1, -0.05) is 30.3 Å². The normalized spacial score (nSPS) is 11.8. The minimum absolute atomic E-state index is 0.0635. The van der Waals surface area contributed by atoms with E-state index in [1.54, 1.807) is 24.3 Å². The number of ether oxygens (including phenoxy) is 1. The number of hydrogen-bond acceptors (Lipinski definition) is 4. The van der Waals surface area contributed by atoms with Crippen LogP contribution in [-0.2, 0) is 10.9 Å². The molecule has 0 spiro atoms. The van der Waals surface area contributed by atoms with Gasteiger partial charge in [0.05, 0.1) is 6.61 Å². The lowest BCUT2D eigenvalue weighted by molar-refractivity contribution is -0.141. The van der Waals surface area contributed by atoms with E-state index in [9.17, 15) is 18.0 Å². The second kappa shape index (κ2) is 6.46. The van der Waals surface area contributed by atoms with Gasteiger partial charge in [-0.25, -0.2) is 9.78 Å². The number of carbonyl (C=O) groups is 1. The summed E-state index contributed by atoms with van der Waals surface area (Å²) in [4.78, 5) is 14.8. The largest absolute Gasteiger partial charge is 0.460 e. The minimum Gasteiger partial charge on any atom is -0.460 e. The second-order valence-electron chi connectivity index (χ2n) is 4.19. The van der Waals surface area contributed by atoms with E-state index in [1.165, 1.54) is 19.1 Å². The first-order valence-electron chi connectivity index (χ1n) is 6.40. The summed E-state index contributed by atoms with van der Waals surface area (Å²) in [7, 11) is 0. The number of nitrogens with zero attached hydrogens (tertiary/aromatic N) is 1. The number of halogens is 3. The highest BCUT2D eigenvalue weighted by atomic mass is 19.4. The molecule has 0 saturated heterocycles. The first kappa shape index (κ1) is 15.8. The van der Waals surface area contributed by atoms with Crippen molar-refractivity contribution in [1.29, 1.82) is 0 Å². The molecule has 0 saturated carbocycles. The van der Waals surface area contributed by atoms with Crippen molar-refractivity contribution in [2.75, 3.05) is 6.61 Å². The number of carbonyl (C=O) groups excluding carboxylic acids is 1. The number of aromatic nitrogens is 1. The predicted octanol–water partition coefficient (Wildman–Crippen LogP) is 4.04. The van der Waals surface area contributed by atoms with Crippen LogP contribution in [0.3, 0.4) is 0 Å². The van der Waals surface area contributed by atoms with Crippen molar-refractivity contribution in [3.63, 3.8) is 0 Å². The molecule has 0 aliphatic rings. The molecule has 0 bridgehead atoms. The van der Waals surface area contributed by atoms with Crippen LogP contribution >= 0.6 is 0 Å². The first-order chi connectivity index (χ1) is 10.4. The Hall–Kier alpha value is -2.57. The van der Waals surface area contributed by atoms with Crippen LogP contribution in [-0.4, -0.2) is 17.6 Å². The van der Waals surface area contributed by atoms with Crippen molar-refractivity contribution in [1.82, 2.24) is 4.98 Å². The summed E-state index contributed by atoms with van der Waals surface area (Å²) in [6, 6.07) is 8.89. The summed E-state index contributed by atoms with van der Waals surface area (Å²) in [5.74, 6) is -2.46. The van der Waals surface area contributed by atoms with Crippen LogP contribution in [0.25, 0.3) is 12.2 Å². The molecule has 22 heavy (non-hydrogen) atoms. The van der Waals surface area contributed by atoms with Crippen molar-refractivity contribution in [2.24, 2.45) is 0 Å². The Labute approximate surface area is 124 Å². The van der Waals surface area contributed by atoms with Crippen LogP contribution in [0, 0.1) is 0 Å². The monoisotopic (exact) mass is 311 g/mol. The fourth-order valence-corrected chi connectivity index (χ4v) is 1.67. The molecular formula is C15H12F3NO3. The quantitative estimate of drug-likeness (QED) is 0.800. The van der Waals surface area contributed by atoms with Gasteiger partial charge in [0.25, 0.3) is 0 Å². The minimum atomic E-state index is -4.80. The number of hydrogen-bond donors (Lipinski definition) is 0. The summed E-state index contributed by atoms with van der Waals surface area (Å²) >= 11 is 0. The molecule has 0 amide bonds. The number of rotatable bonds is 4. The van der Waals surface area contributed by atoms with E-state index in [-0.39, 0.29) is 12.5 Å². The maximum atomic E-state index is 12.9. The molecule has 0 aliphatic heterocycles. The van der Waals surface area contributed by atoms with Crippen LogP contribution < -0.4 is 0 Å². The fraction of sp³-hybridized carbons (Fsp3) is 0.200. The van der Waals surface area contributed by atoms with Gasteiger partial charge in [-0.3, -0.25) is 0 Å². The van der Waals surface area contributed by atoms with Crippen LogP contribution in [0.1, 0.15) is 34.6 Å². The lowest BCUT2D eigenvalue weighted by Crippen LogP contribution is -2.14. The lowest BCUT2D eigenvalue weighted by atomic mass is 10.2. The first-order valence-corrected chi connectivity index (χ1v) is 6.40. The molecule has 1 heterocycles. The molecule has 0 aliphatic carbocycles. The zero-order chi connectivity index (χ0) is 16.2. The van der Waals surface area contributed by atoms with Gasteiger partial charge in [-0.15, -0.1) is 0 Å². The molecule has 0 radical (unpaired) electrons. The number of esters is 1. The molecule has 0 unspecified atom stereocenters. The molecule has 7 heteroatoms. The van der Waals surface area contributed by atoms with E-state index in [4.69, 9.17) is 4.42 Å². The van der Waals surface area contributed by atoms with Crippen molar-refractivity contribution in [3.05, 3.63) is 53.2 Å². The van der Waals surface area contributed by atoms with Gasteiger partial charge in [-0.05, 0) is 18.6 Å². The summed E-state index contributed by atoms with van der Waals surface area (Å²) < 4.78 is 48.0. The number of benzene rings is 1. The Morgan fingerprint density at radius 1 is 1.27 bits per heavy atom. The van der Waals surface area contributed by atoms with Crippen LogP contribution in [0.5, 0.6) is 0 Å². The van der Waals surface area contributed by atoms with E-state index < -0.39 is 23.6 Å². The standard InChI is InChI=1S/C15H12F3NO3/c1-2-21-14(20)12-13(15(16,17)18)19-11(22-12)9-8-10-6-4-3-5-7-10/h3-9H,2H2,1H3/b9-8+. The highest BCUT2D eigenvalue weighted by Crippen LogP contribution is 2.32. The smallest absolute Gasteiger partial charge is 0.437 e. The topological polar surface area (TPSA) is 52.3 Å². The van der Waals surface area contributed by atoms with E-state index in [2.05, 4.69) is 9.72 Å². The zero-order valence-electron chi connectivity index (χ0n) is 11.6. The Morgan fingerprint density at radius 3 is 2.55 bits per heavy atom. The van der Waals surface area contributed by atoms with Crippen molar-refractivity contribution in [2.45, 2.75) is 13.1 Å². The Balaban J connectivity index is 2.34. The Kier molecular flexibility index (Phi) is 4.65. The van der Waals surface area contributed by atoms with Gasteiger partial charge in [0.2, 0.25) is 11.7 Å². The highest BCUT2D eigenvalue weighted by molar-refractivity contribution is 5.88. The van der Waals surface area contributed by atoms with Crippen LogP contribution in [0.2, 0.25) is 0 Å². The lowest BCUT2D eigenvalue weighted by Gasteiger charge is -2.03. The van der Waals surface area contributed by atoms with E-state index in [0.717, 1.165) is 5.56 Å². The van der Waals surface area contributed by atoms with Gasteiger partial charge < -0.3 is 9.15 Å². The summed E-state index contributed by atoms with van der Waals surface area (Å²) in [6.45, 7) is 1.42. The zero-order valence-corrected chi connectivity index (χ0v) is 11.6. The highest BCUT2D eigenvalue weighted by Gasteiger charge is 2.41. The number of alkyl halides is 3. The van der Waals surface area contributed by atoms with Crippen molar-refractivity contribution in [3.8, 4) is 0 Å². The van der Waals surface area contributed by atoms with Crippen LogP contribution in [0.4, 0.5) is 13.2 Å². The molecule has 1 aromatic heterocycles. The molecular weight excluding hydrogens is 299 g/mol. The summed E-state index contributed by atoms with van der Waals surface area (Å²) in [6.07, 6.45) is -2.02. The average Bonchev–Trinajstić information content (AvgIpc) is 2.91. The van der Waals surface area contributed by atoms with Crippen LogP contribution in [0.15, 0.2) is 34.7 Å². The fourth-order valence-electron chi connectivity index (χ4n) is 1.67. The molecule has 0 atom stereocenters. The molecule has 0 fully saturated rings. The molecule has 1 aromatic carbocycles. The molecule has 0 N–H and O–H groups in total. The van der Waals surface area contributed by atoms with Gasteiger partial charge in [0.1, 0.15) is 0 Å². The van der Waals surface area contributed by atoms with Gasteiger partial charge >= 0.3 is 12.1 Å². The van der Waals surface area contributed by atoms with E-state index >= 15 is 0 Å². The Bertz CT molecular complexity index is 675. The third-order valence-electron chi connectivity index (χ3n) is 2.59.